The average molecular weight is 178 g/mol. The molecule has 1 rings (SSSR count). The molecule has 0 atom stereocenters. The van der Waals surface area contributed by atoms with Gasteiger partial charge in [0.15, 0.2) is 0 Å². The van der Waals surface area contributed by atoms with Crippen LogP contribution < -0.4 is 10.4 Å². The molecule has 0 aromatic heterocycles. The molecule has 2 heteroatoms. The van der Waals surface area contributed by atoms with Crippen molar-refractivity contribution in [1.29, 1.82) is 0 Å². The second kappa shape index (κ2) is 3.29. The lowest BCUT2D eigenvalue weighted by Crippen LogP contribution is -2.12. The van der Waals surface area contributed by atoms with Gasteiger partial charge in [0, 0.05) is 12.7 Å². The van der Waals surface area contributed by atoms with Gasteiger partial charge in [-0.25, -0.2) is 0 Å². The highest BCUT2D eigenvalue weighted by atomic mass is 16.3. The van der Waals surface area contributed by atoms with Crippen molar-refractivity contribution in [2.45, 2.75) is 26.2 Å². The second-order valence-corrected chi connectivity index (χ2v) is 4.21. The van der Waals surface area contributed by atoms with Crippen LogP contribution in [0.1, 0.15) is 26.3 Å². The molecule has 1 aromatic carbocycles. The van der Waals surface area contributed by atoms with Crippen LogP contribution >= 0.6 is 0 Å². The lowest BCUT2D eigenvalue weighted by molar-refractivity contribution is -0.267. The Morgan fingerprint density at radius 1 is 1.23 bits per heavy atom. The zero-order valence-electron chi connectivity index (χ0n) is 8.64. The molecular weight excluding hydrogens is 162 g/mol. The first kappa shape index (κ1) is 9.90. The molecule has 0 aliphatic rings. The summed E-state index contributed by atoms with van der Waals surface area (Å²) in [5, 5.41) is 14.2. The van der Waals surface area contributed by atoms with Gasteiger partial charge in [0.25, 0.3) is 0 Å². The zero-order valence-corrected chi connectivity index (χ0v) is 8.64. The molecule has 0 heterocycles. The van der Waals surface area contributed by atoms with E-state index in [0.717, 1.165) is 0 Å². The normalized spacial score (nSPS) is 11.4. The van der Waals surface area contributed by atoms with Crippen LogP contribution in [0.3, 0.4) is 0 Å². The van der Waals surface area contributed by atoms with Gasteiger partial charge < -0.3 is 10.4 Å². The summed E-state index contributed by atoms with van der Waals surface area (Å²) in [7, 11) is 1.77. The van der Waals surface area contributed by atoms with Crippen molar-refractivity contribution in [2.75, 3.05) is 12.4 Å². The molecule has 72 valence electrons. The van der Waals surface area contributed by atoms with Crippen LogP contribution in [0, 0.1) is 0 Å². The highest BCUT2D eigenvalue weighted by Gasteiger charge is 2.13. The quantitative estimate of drug-likeness (QED) is 0.714. The van der Waals surface area contributed by atoms with Crippen LogP contribution in [0.2, 0.25) is 0 Å². The Hall–Kier alpha value is -1.18. The molecule has 1 N–H and O–H groups in total. The van der Waals surface area contributed by atoms with Gasteiger partial charge in [0.1, 0.15) is 0 Å². The summed E-state index contributed by atoms with van der Waals surface area (Å²) < 4.78 is 0. The molecule has 0 fully saturated rings. The summed E-state index contributed by atoms with van der Waals surface area (Å²) >= 11 is 0. The van der Waals surface area contributed by atoms with Gasteiger partial charge in [-0.15, -0.1) is 0 Å². The largest absolute Gasteiger partial charge is 0.871 e. The minimum Gasteiger partial charge on any atom is -0.871 e. The average Bonchev–Trinajstić information content (AvgIpc) is 2.03. The minimum atomic E-state index is 0.0514. The first-order valence-corrected chi connectivity index (χ1v) is 4.44. The third-order valence-corrected chi connectivity index (χ3v) is 2.11. The predicted octanol–water partition coefficient (Wildman–Crippen LogP) is 2.10. The van der Waals surface area contributed by atoms with Crippen LogP contribution in [-0.4, -0.2) is 7.05 Å². The molecule has 0 bridgehead atoms. The summed E-state index contributed by atoms with van der Waals surface area (Å²) in [6.07, 6.45) is 0. The number of nitrogens with one attached hydrogen (secondary N) is 1. The topological polar surface area (TPSA) is 35.1 Å². The monoisotopic (exact) mass is 178 g/mol. The Bertz CT molecular complexity index is 299. The lowest BCUT2D eigenvalue weighted by atomic mass is 9.87. The van der Waals surface area contributed by atoms with Gasteiger partial charge in [-0.3, -0.25) is 0 Å². The molecule has 0 amide bonds. The van der Waals surface area contributed by atoms with Gasteiger partial charge in [0.05, 0.1) is 0 Å². The van der Waals surface area contributed by atoms with Crippen molar-refractivity contribution < 1.29 is 5.11 Å². The summed E-state index contributed by atoms with van der Waals surface area (Å²) in [6.45, 7) is 6.39. The molecule has 0 saturated carbocycles. The maximum Gasteiger partial charge on any atom is 0.0260 e. The standard InChI is InChI=1S/C11H17NO/c1-11(2,3)8-5-6-10(13)9(7-8)12-4/h5-7,12-13H,1-4H3/p-1. The number of hydrogen-bond acceptors (Lipinski definition) is 2. The summed E-state index contributed by atoms with van der Waals surface area (Å²) in [5.74, 6) is 0.0514. The Morgan fingerprint density at radius 3 is 2.31 bits per heavy atom. The smallest absolute Gasteiger partial charge is 0.0260 e. The molecule has 0 spiro atoms. The van der Waals surface area contributed by atoms with Crippen molar-refractivity contribution in [2.24, 2.45) is 0 Å². The third kappa shape index (κ3) is 2.14. The second-order valence-electron chi connectivity index (χ2n) is 4.21. The molecule has 0 radical (unpaired) electrons. The van der Waals surface area contributed by atoms with E-state index < -0.39 is 0 Å². The van der Waals surface area contributed by atoms with Crippen molar-refractivity contribution in [3.8, 4) is 5.75 Å². The maximum atomic E-state index is 11.3. The van der Waals surface area contributed by atoms with E-state index in [2.05, 4.69) is 26.1 Å². The zero-order chi connectivity index (χ0) is 10.1. The number of anilines is 1. The van der Waals surface area contributed by atoms with Gasteiger partial charge in [-0.1, -0.05) is 38.7 Å². The van der Waals surface area contributed by atoms with E-state index in [1.807, 2.05) is 12.1 Å². The fourth-order valence-corrected chi connectivity index (χ4v) is 1.19. The van der Waals surface area contributed by atoms with Crippen LogP contribution in [0.4, 0.5) is 5.69 Å². The van der Waals surface area contributed by atoms with Gasteiger partial charge in [-0.2, -0.15) is 0 Å². The molecule has 1 aromatic rings. The van der Waals surface area contributed by atoms with E-state index >= 15 is 0 Å². The van der Waals surface area contributed by atoms with Crippen LogP contribution in [0.15, 0.2) is 18.2 Å². The number of rotatable bonds is 1. The Labute approximate surface area is 79.6 Å². The van der Waals surface area contributed by atoms with E-state index in [9.17, 15) is 5.11 Å². The lowest BCUT2D eigenvalue weighted by Gasteiger charge is -2.22. The van der Waals surface area contributed by atoms with Gasteiger partial charge in [-0.05, 0) is 17.0 Å². The molecule has 2 nitrogen and oxygen atoms in total. The van der Waals surface area contributed by atoms with Gasteiger partial charge in [0.2, 0.25) is 0 Å². The highest BCUT2D eigenvalue weighted by Crippen LogP contribution is 2.28. The van der Waals surface area contributed by atoms with E-state index in [0.29, 0.717) is 5.69 Å². The predicted molar refractivity (Wildman–Crippen MR) is 54.1 cm³/mol. The molecule has 0 unspecified atom stereocenters. The SMILES string of the molecule is CNc1cc(C(C)(C)C)ccc1[O-]. The van der Waals surface area contributed by atoms with Crippen LogP contribution in [0.25, 0.3) is 0 Å². The Morgan fingerprint density at radius 2 is 1.85 bits per heavy atom. The summed E-state index contributed by atoms with van der Waals surface area (Å²) in [6, 6.07) is 5.43. The fourth-order valence-electron chi connectivity index (χ4n) is 1.19. The maximum absolute atomic E-state index is 11.3. The third-order valence-electron chi connectivity index (χ3n) is 2.11. The molecule has 0 aliphatic carbocycles. The molecule has 0 aliphatic heterocycles. The van der Waals surface area contributed by atoms with E-state index in [1.165, 1.54) is 5.56 Å². The first-order chi connectivity index (χ1) is 5.95. The fraction of sp³-hybridized carbons (Fsp3) is 0.455. The first-order valence-electron chi connectivity index (χ1n) is 4.44. The van der Waals surface area contributed by atoms with E-state index in [1.54, 1.807) is 13.1 Å². The summed E-state index contributed by atoms with van der Waals surface area (Å²) in [5.41, 5.74) is 1.95. The highest BCUT2D eigenvalue weighted by molar-refractivity contribution is 5.57. The Balaban J connectivity index is 3.14. The molecule has 0 saturated heterocycles. The van der Waals surface area contributed by atoms with Crippen molar-refractivity contribution in [3.05, 3.63) is 23.8 Å². The van der Waals surface area contributed by atoms with E-state index in [4.69, 9.17) is 0 Å². The Kier molecular flexibility index (Phi) is 2.50. The number of hydrogen-bond donors (Lipinski definition) is 1. The minimum absolute atomic E-state index is 0.0514. The molecule has 13 heavy (non-hydrogen) atoms. The molecular formula is C11H16NO-. The van der Waals surface area contributed by atoms with Crippen molar-refractivity contribution >= 4 is 5.69 Å². The summed E-state index contributed by atoms with van der Waals surface area (Å²) in [4.78, 5) is 0. The number of benzene rings is 1. The van der Waals surface area contributed by atoms with Crippen LogP contribution in [-0.2, 0) is 5.41 Å². The van der Waals surface area contributed by atoms with Crippen molar-refractivity contribution in [1.82, 2.24) is 0 Å². The van der Waals surface area contributed by atoms with Crippen LogP contribution in [0.5, 0.6) is 5.75 Å². The van der Waals surface area contributed by atoms with Crippen molar-refractivity contribution in [3.63, 3.8) is 0 Å². The van der Waals surface area contributed by atoms with E-state index in [-0.39, 0.29) is 11.2 Å². The van der Waals surface area contributed by atoms with Gasteiger partial charge >= 0.3 is 0 Å².